The summed E-state index contributed by atoms with van der Waals surface area (Å²) in [5, 5.41) is 2.95. The Morgan fingerprint density at radius 3 is 2.74 bits per heavy atom. The number of hydrogen-bond donors (Lipinski definition) is 2. The number of hydrogen-bond acceptors (Lipinski definition) is 4. The number of aryl methyl sites for hydroxylation is 1. The topological polar surface area (TPSA) is 71.8 Å². The number of aromatic nitrogens is 2. The van der Waals surface area contributed by atoms with Gasteiger partial charge in [-0.15, -0.1) is 11.3 Å². The molecule has 0 saturated carbocycles. The SMILES string of the molecule is C=C/C(=C\c1c(-c2csc(/C(C)=C/C(=C\CC)C(C)=O)n2)c[nH]c1C)CN. The Morgan fingerprint density at radius 2 is 2.15 bits per heavy atom. The van der Waals surface area contributed by atoms with Gasteiger partial charge in [-0.25, -0.2) is 4.98 Å². The summed E-state index contributed by atoms with van der Waals surface area (Å²) in [4.78, 5) is 19.8. The lowest BCUT2D eigenvalue weighted by Crippen LogP contribution is -2.00. The van der Waals surface area contributed by atoms with E-state index >= 15 is 0 Å². The van der Waals surface area contributed by atoms with E-state index in [1.807, 2.05) is 50.6 Å². The minimum absolute atomic E-state index is 0.0698. The monoisotopic (exact) mass is 381 g/mol. The van der Waals surface area contributed by atoms with E-state index in [2.05, 4.69) is 11.6 Å². The molecule has 4 nitrogen and oxygen atoms in total. The van der Waals surface area contributed by atoms with Crippen LogP contribution in [0.2, 0.25) is 0 Å². The Morgan fingerprint density at radius 1 is 1.41 bits per heavy atom. The highest BCUT2D eigenvalue weighted by Crippen LogP contribution is 2.31. The molecule has 0 aliphatic carbocycles. The van der Waals surface area contributed by atoms with Crippen LogP contribution in [0, 0.1) is 6.92 Å². The summed E-state index contributed by atoms with van der Waals surface area (Å²) < 4.78 is 0. The number of nitrogens with zero attached hydrogens (tertiary/aromatic N) is 1. The number of nitrogens with one attached hydrogen (secondary N) is 1. The third kappa shape index (κ3) is 5.02. The standard InChI is InChI=1S/C22H27N3OS/c1-6-8-18(16(5)26)9-14(3)22-25-21(13-27-22)20-12-24-15(4)19(20)10-17(7-2)11-23/h7-10,12-13,24H,2,6,11,23H2,1,3-5H3/b14-9+,17-10+,18-8+. The van der Waals surface area contributed by atoms with Gasteiger partial charge in [0.2, 0.25) is 0 Å². The van der Waals surface area contributed by atoms with E-state index in [0.29, 0.717) is 6.54 Å². The van der Waals surface area contributed by atoms with E-state index in [9.17, 15) is 4.79 Å². The second-order valence-corrected chi connectivity index (χ2v) is 7.22. The molecule has 2 rings (SSSR count). The molecule has 0 radical (unpaired) electrons. The van der Waals surface area contributed by atoms with Gasteiger partial charge in [-0.1, -0.05) is 25.7 Å². The average Bonchev–Trinajstić information content (AvgIpc) is 3.26. The van der Waals surface area contributed by atoms with Crippen molar-refractivity contribution in [1.82, 2.24) is 9.97 Å². The quantitative estimate of drug-likeness (QED) is 0.481. The van der Waals surface area contributed by atoms with Gasteiger partial charge in [0.25, 0.3) is 0 Å². The average molecular weight is 382 g/mol. The summed E-state index contributed by atoms with van der Waals surface area (Å²) in [6.45, 7) is 11.9. The molecule has 3 N–H and O–H groups in total. The van der Waals surface area contributed by atoms with Crippen LogP contribution in [0.5, 0.6) is 0 Å². The van der Waals surface area contributed by atoms with Gasteiger partial charge in [0.15, 0.2) is 5.78 Å². The number of aromatic amines is 1. The lowest BCUT2D eigenvalue weighted by atomic mass is 10.1. The third-order valence-electron chi connectivity index (χ3n) is 4.27. The van der Waals surface area contributed by atoms with Gasteiger partial charge in [-0.05, 0) is 50.5 Å². The summed E-state index contributed by atoms with van der Waals surface area (Å²) in [5.41, 5.74) is 12.5. The molecular formula is C22H27N3OS. The Kier molecular flexibility index (Phi) is 7.28. The van der Waals surface area contributed by atoms with Crippen molar-refractivity contribution in [3.05, 3.63) is 63.8 Å². The Bertz CT molecular complexity index is 925. The molecule has 27 heavy (non-hydrogen) atoms. The highest BCUT2D eigenvalue weighted by molar-refractivity contribution is 7.11. The number of carbonyl (C=O) groups is 1. The number of rotatable bonds is 8. The third-order valence-corrected chi connectivity index (χ3v) is 5.25. The maximum Gasteiger partial charge on any atom is 0.159 e. The molecule has 0 bridgehead atoms. The van der Waals surface area contributed by atoms with Crippen molar-refractivity contribution in [2.75, 3.05) is 6.54 Å². The van der Waals surface area contributed by atoms with Crippen LogP contribution in [0.15, 0.2) is 47.5 Å². The van der Waals surface area contributed by atoms with Crippen LogP contribution in [0.3, 0.4) is 0 Å². The second kappa shape index (κ2) is 9.44. The van der Waals surface area contributed by atoms with Gasteiger partial charge in [-0.3, -0.25) is 4.79 Å². The molecule has 0 spiro atoms. The normalized spacial score (nSPS) is 13.1. The molecule has 0 aromatic carbocycles. The van der Waals surface area contributed by atoms with Crippen LogP contribution in [-0.2, 0) is 4.79 Å². The van der Waals surface area contributed by atoms with Gasteiger partial charge in [0, 0.05) is 40.5 Å². The van der Waals surface area contributed by atoms with Crippen LogP contribution in [0.25, 0.3) is 22.9 Å². The molecule has 0 aliphatic rings. The minimum Gasteiger partial charge on any atom is -0.364 e. The zero-order valence-corrected chi connectivity index (χ0v) is 17.2. The molecule has 2 aromatic heterocycles. The van der Waals surface area contributed by atoms with Gasteiger partial charge >= 0.3 is 0 Å². The number of thiazole rings is 1. The number of ketones is 1. The predicted octanol–water partition coefficient (Wildman–Crippen LogP) is 5.30. The van der Waals surface area contributed by atoms with Gasteiger partial charge < -0.3 is 10.7 Å². The van der Waals surface area contributed by atoms with E-state index in [-0.39, 0.29) is 5.78 Å². The summed E-state index contributed by atoms with van der Waals surface area (Å²) >= 11 is 1.58. The van der Waals surface area contributed by atoms with Crippen molar-refractivity contribution in [3.8, 4) is 11.3 Å². The van der Waals surface area contributed by atoms with Crippen molar-refractivity contribution in [1.29, 1.82) is 0 Å². The molecule has 0 amide bonds. The number of allylic oxidation sites excluding steroid dienone is 4. The first-order valence-corrected chi connectivity index (χ1v) is 9.85. The van der Waals surface area contributed by atoms with Crippen LogP contribution in [0.4, 0.5) is 0 Å². The van der Waals surface area contributed by atoms with Crippen LogP contribution in [0.1, 0.15) is 43.5 Å². The number of carbonyl (C=O) groups excluding carboxylic acids is 1. The largest absolute Gasteiger partial charge is 0.364 e. The molecule has 0 unspecified atom stereocenters. The first-order valence-electron chi connectivity index (χ1n) is 8.97. The summed E-state index contributed by atoms with van der Waals surface area (Å²) in [7, 11) is 0. The Balaban J connectivity index is 2.42. The van der Waals surface area contributed by atoms with E-state index in [0.717, 1.165) is 50.7 Å². The van der Waals surface area contributed by atoms with E-state index in [1.165, 1.54) is 0 Å². The van der Waals surface area contributed by atoms with Crippen molar-refractivity contribution in [2.45, 2.75) is 34.1 Å². The lowest BCUT2D eigenvalue weighted by Gasteiger charge is -2.02. The molecule has 0 atom stereocenters. The maximum absolute atomic E-state index is 11.8. The fourth-order valence-electron chi connectivity index (χ4n) is 2.72. The Hall–Kier alpha value is -2.50. The predicted molar refractivity (Wildman–Crippen MR) is 117 cm³/mol. The van der Waals surface area contributed by atoms with Gasteiger partial charge in [0.05, 0.1) is 5.69 Å². The molecule has 0 fully saturated rings. The smallest absolute Gasteiger partial charge is 0.159 e. The number of H-pyrrole nitrogens is 1. The van der Waals surface area contributed by atoms with E-state index in [4.69, 9.17) is 10.7 Å². The number of nitrogens with two attached hydrogens (primary N) is 1. The molecular weight excluding hydrogens is 354 g/mol. The maximum atomic E-state index is 11.8. The van der Waals surface area contributed by atoms with E-state index in [1.54, 1.807) is 24.3 Å². The summed E-state index contributed by atoms with van der Waals surface area (Å²) in [6.07, 6.45) is 10.5. The van der Waals surface area contributed by atoms with Gasteiger partial charge in [-0.2, -0.15) is 0 Å². The fraction of sp³-hybridized carbons (Fsp3) is 0.273. The van der Waals surface area contributed by atoms with Crippen molar-refractivity contribution < 1.29 is 4.79 Å². The van der Waals surface area contributed by atoms with E-state index < -0.39 is 0 Å². The first kappa shape index (κ1) is 20.8. The van der Waals surface area contributed by atoms with Crippen LogP contribution >= 0.6 is 11.3 Å². The molecule has 0 saturated heterocycles. The number of Topliss-reactive ketones (excluding diaryl/α,β-unsaturated/α-hetero) is 1. The lowest BCUT2D eigenvalue weighted by molar-refractivity contribution is -0.113. The Labute approximate surface area is 165 Å². The zero-order chi connectivity index (χ0) is 20.0. The molecule has 142 valence electrons. The van der Waals surface area contributed by atoms with Crippen molar-refractivity contribution in [2.24, 2.45) is 5.73 Å². The second-order valence-electron chi connectivity index (χ2n) is 6.36. The molecule has 0 aliphatic heterocycles. The molecule has 2 aromatic rings. The molecule has 5 heteroatoms. The highest BCUT2D eigenvalue weighted by atomic mass is 32.1. The van der Waals surface area contributed by atoms with Crippen LogP contribution < -0.4 is 5.73 Å². The molecule has 2 heterocycles. The van der Waals surface area contributed by atoms with Crippen LogP contribution in [-0.4, -0.2) is 22.3 Å². The van der Waals surface area contributed by atoms with Gasteiger partial charge in [0.1, 0.15) is 5.01 Å². The summed E-state index contributed by atoms with van der Waals surface area (Å²) in [5.74, 6) is 0.0698. The fourth-order valence-corrected chi connectivity index (χ4v) is 3.52. The minimum atomic E-state index is 0.0698. The van der Waals surface area contributed by atoms with Crippen molar-refractivity contribution in [3.63, 3.8) is 0 Å². The summed E-state index contributed by atoms with van der Waals surface area (Å²) in [6, 6.07) is 0. The zero-order valence-electron chi connectivity index (χ0n) is 16.4. The first-order chi connectivity index (χ1) is 12.9. The highest BCUT2D eigenvalue weighted by Gasteiger charge is 2.13. The van der Waals surface area contributed by atoms with Crippen molar-refractivity contribution >= 4 is 28.8 Å².